The molecular weight excluding hydrogens is 593 g/mol. The van der Waals surface area contributed by atoms with Gasteiger partial charge in [-0.05, 0) is 78.2 Å². The van der Waals surface area contributed by atoms with Crippen LogP contribution >= 0.6 is 22.7 Å². The van der Waals surface area contributed by atoms with Crippen LogP contribution in [0.4, 0.5) is 0 Å². The molecule has 218 valence electrons. The SMILES string of the molecule is CC(C)(C)c1ccc2c(c1)sc1cc(-c3ccc4ccc5c(-c6cccc7c6sc6ccccc67)ccc6ccc3c4c65)ccc12. The molecule has 2 heteroatoms. The summed E-state index contributed by atoms with van der Waals surface area (Å²) in [6.07, 6.45) is 0. The Balaban J connectivity index is 1.19. The fraction of sp³-hybridized carbons (Fsp3) is 0.0909. The number of hydrogen-bond donors (Lipinski definition) is 0. The average Bonchev–Trinajstić information content (AvgIpc) is 3.64. The molecule has 0 N–H and O–H groups in total. The molecule has 0 aliphatic heterocycles. The van der Waals surface area contributed by atoms with E-state index in [9.17, 15) is 0 Å². The summed E-state index contributed by atoms with van der Waals surface area (Å²) in [4.78, 5) is 0. The lowest BCUT2D eigenvalue weighted by molar-refractivity contribution is 0.591. The Bertz CT molecular complexity index is 2840. The highest BCUT2D eigenvalue weighted by Gasteiger charge is 2.19. The van der Waals surface area contributed by atoms with Gasteiger partial charge in [0.2, 0.25) is 0 Å². The minimum atomic E-state index is 0.140. The van der Waals surface area contributed by atoms with E-state index in [1.807, 2.05) is 22.7 Å². The molecule has 0 saturated carbocycles. The fourth-order valence-electron chi connectivity index (χ4n) is 7.66. The standard InChI is InChI=1S/C44H30S2/c1-44(2,3)28-16-22-33-32-19-15-27(23-39(32)45-40(33)24-28)29-17-11-25-14-21-35-30(18-12-26-13-20-34(29)41(25)42(26)35)36-8-6-9-37-31-7-4-5-10-38(31)46-43(36)37/h4-24H,1-3H3. The maximum absolute atomic E-state index is 2.41. The zero-order chi connectivity index (χ0) is 30.7. The Morgan fingerprint density at radius 2 is 1.02 bits per heavy atom. The maximum atomic E-state index is 2.41. The summed E-state index contributed by atoms with van der Waals surface area (Å²) in [5, 5.41) is 13.4. The molecule has 0 unspecified atom stereocenters. The molecule has 2 heterocycles. The van der Waals surface area contributed by atoms with E-state index in [-0.39, 0.29) is 5.41 Å². The second-order valence-electron chi connectivity index (χ2n) is 13.7. The molecular formula is C44H30S2. The number of rotatable bonds is 2. The maximum Gasteiger partial charge on any atom is 0.0434 e. The molecule has 0 aliphatic rings. The van der Waals surface area contributed by atoms with Gasteiger partial charge in [-0.3, -0.25) is 0 Å². The first-order valence-corrected chi connectivity index (χ1v) is 17.6. The first-order valence-electron chi connectivity index (χ1n) is 16.0. The first-order chi connectivity index (χ1) is 22.4. The molecule has 2 aromatic heterocycles. The summed E-state index contributed by atoms with van der Waals surface area (Å²) in [6, 6.07) is 48.3. The molecule has 0 saturated heterocycles. The topological polar surface area (TPSA) is 0 Å². The van der Waals surface area contributed by atoms with Crippen LogP contribution in [0.2, 0.25) is 0 Å². The summed E-state index contributed by atoms with van der Waals surface area (Å²) < 4.78 is 5.43. The predicted molar refractivity (Wildman–Crippen MR) is 205 cm³/mol. The number of thiophene rings is 2. The summed E-state index contributed by atoms with van der Waals surface area (Å²) in [5.41, 5.74) is 6.74. The summed E-state index contributed by atoms with van der Waals surface area (Å²) in [6.45, 7) is 6.88. The number of hydrogen-bond acceptors (Lipinski definition) is 2. The zero-order valence-electron chi connectivity index (χ0n) is 25.9. The van der Waals surface area contributed by atoms with Gasteiger partial charge in [0.05, 0.1) is 0 Å². The molecule has 0 fully saturated rings. The van der Waals surface area contributed by atoms with Gasteiger partial charge in [-0.15, -0.1) is 22.7 Å². The van der Waals surface area contributed by atoms with E-state index in [4.69, 9.17) is 0 Å². The van der Waals surface area contributed by atoms with Crippen molar-refractivity contribution in [3.05, 3.63) is 133 Å². The van der Waals surface area contributed by atoms with Gasteiger partial charge >= 0.3 is 0 Å². The lowest BCUT2D eigenvalue weighted by Crippen LogP contribution is -2.10. The summed E-state index contributed by atoms with van der Waals surface area (Å²) in [5.74, 6) is 0. The van der Waals surface area contributed by atoms with E-state index in [2.05, 4.69) is 148 Å². The normalized spacial score (nSPS) is 12.7. The van der Waals surface area contributed by atoms with Gasteiger partial charge in [0.1, 0.15) is 0 Å². The molecule has 10 rings (SSSR count). The number of fused-ring (bicyclic) bond motifs is 6. The lowest BCUT2D eigenvalue weighted by atomic mass is 9.86. The van der Waals surface area contributed by atoms with Gasteiger partial charge in [-0.1, -0.05) is 130 Å². The van der Waals surface area contributed by atoms with Gasteiger partial charge in [0.15, 0.2) is 0 Å². The van der Waals surface area contributed by atoms with Crippen molar-refractivity contribution >= 4 is 95.3 Å². The van der Waals surface area contributed by atoms with Crippen LogP contribution in [-0.4, -0.2) is 0 Å². The van der Waals surface area contributed by atoms with Crippen molar-refractivity contribution in [1.82, 2.24) is 0 Å². The highest BCUT2D eigenvalue weighted by Crippen LogP contribution is 2.46. The first kappa shape index (κ1) is 26.5. The molecule has 46 heavy (non-hydrogen) atoms. The Hall–Kier alpha value is -4.76. The summed E-state index contributed by atoms with van der Waals surface area (Å²) >= 11 is 3.82. The molecule has 0 bridgehead atoms. The lowest BCUT2D eigenvalue weighted by Gasteiger charge is -2.18. The van der Waals surface area contributed by atoms with Crippen LogP contribution in [0.15, 0.2) is 127 Å². The van der Waals surface area contributed by atoms with Crippen molar-refractivity contribution in [2.24, 2.45) is 0 Å². The molecule has 0 amide bonds. The van der Waals surface area contributed by atoms with Crippen LogP contribution in [0.1, 0.15) is 26.3 Å². The van der Waals surface area contributed by atoms with Gasteiger partial charge in [0.25, 0.3) is 0 Å². The van der Waals surface area contributed by atoms with Crippen LogP contribution < -0.4 is 0 Å². The van der Waals surface area contributed by atoms with Crippen LogP contribution in [0.3, 0.4) is 0 Å². The largest absolute Gasteiger partial charge is 0.135 e. The Morgan fingerprint density at radius 1 is 0.413 bits per heavy atom. The van der Waals surface area contributed by atoms with E-state index >= 15 is 0 Å². The molecule has 0 atom stereocenters. The van der Waals surface area contributed by atoms with E-state index in [0.29, 0.717) is 0 Å². The Kier molecular flexibility index (Phi) is 5.40. The third-order valence-electron chi connectivity index (χ3n) is 10.0. The number of benzene rings is 8. The van der Waals surface area contributed by atoms with Crippen molar-refractivity contribution in [3.8, 4) is 22.3 Å². The van der Waals surface area contributed by atoms with Gasteiger partial charge in [-0.2, -0.15) is 0 Å². The summed E-state index contributed by atoms with van der Waals surface area (Å²) in [7, 11) is 0. The van der Waals surface area contributed by atoms with Crippen LogP contribution in [0.5, 0.6) is 0 Å². The molecule has 10 aromatic rings. The van der Waals surface area contributed by atoms with E-state index < -0.39 is 0 Å². The van der Waals surface area contributed by atoms with E-state index in [1.165, 1.54) is 100 Å². The van der Waals surface area contributed by atoms with Crippen molar-refractivity contribution in [1.29, 1.82) is 0 Å². The van der Waals surface area contributed by atoms with Crippen molar-refractivity contribution in [3.63, 3.8) is 0 Å². The Labute approximate surface area is 275 Å². The van der Waals surface area contributed by atoms with Crippen LogP contribution in [0.25, 0.3) is 94.9 Å². The molecule has 0 nitrogen and oxygen atoms in total. The third kappa shape index (κ3) is 3.72. The van der Waals surface area contributed by atoms with Gasteiger partial charge in [0, 0.05) is 45.9 Å². The second kappa shape index (κ2) is 9.39. The smallest absolute Gasteiger partial charge is 0.0434 e. The average molecular weight is 623 g/mol. The molecule has 8 aromatic carbocycles. The van der Waals surface area contributed by atoms with Crippen LogP contribution in [0, 0.1) is 0 Å². The van der Waals surface area contributed by atoms with Crippen molar-refractivity contribution in [2.75, 3.05) is 0 Å². The molecule has 0 aliphatic carbocycles. The van der Waals surface area contributed by atoms with Crippen LogP contribution in [-0.2, 0) is 5.41 Å². The van der Waals surface area contributed by atoms with Crippen molar-refractivity contribution in [2.45, 2.75) is 26.2 Å². The predicted octanol–water partition coefficient (Wildman–Crippen LogP) is 14.0. The van der Waals surface area contributed by atoms with Gasteiger partial charge < -0.3 is 0 Å². The minimum absolute atomic E-state index is 0.140. The highest BCUT2D eigenvalue weighted by molar-refractivity contribution is 7.26. The second-order valence-corrected chi connectivity index (χ2v) is 15.8. The minimum Gasteiger partial charge on any atom is -0.135 e. The van der Waals surface area contributed by atoms with Crippen molar-refractivity contribution < 1.29 is 0 Å². The highest BCUT2D eigenvalue weighted by atomic mass is 32.1. The quantitative estimate of drug-likeness (QED) is 0.168. The monoisotopic (exact) mass is 622 g/mol. The molecule has 0 spiro atoms. The van der Waals surface area contributed by atoms with Gasteiger partial charge in [-0.25, -0.2) is 0 Å². The fourth-order valence-corrected chi connectivity index (χ4v) is 10.1. The Morgan fingerprint density at radius 3 is 1.80 bits per heavy atom. The van der Waals surface area contributed by atoms with E-state index in [0.717, 1.165) is 0 Å². The zero-order valence-corrected chi connectivity index (χ0v) is 27.6. The molecule has 0 radical (unpaired) electrons. The van der Waals surface area contributed by atoms with E-state index in [1.54, 1.807) is 0 Å². The third-order valence-corrected chi connectivity index (χ3v) is 12.3.